The van der Waals surface area contributed by atoms with Crippen molar-refractivity contribution < 1.29 is 19.7 Å². The fourth-order valence-electron chi connectivity index (χ4n) is 4.88. The molecule has 0 aromatic rings. The van der Waals surface area contributed by atoms with Gasteiger partial charge in [0.15, 0.2) is 0 Å². The first-order chi connectivity index (χ1) is 12.9. The normalized spacial score (nSPS) is 32.2. The van der Waals surface area contributed by atoms with Crippen molar-refractivity contribution in [1.82, 2.24) is 0 Å². The molecule has 2 aliphatic rings. The summed E-state index contributed by atoms with van der Waals surface area (Å²) in [5.74, 6) is 2.42. The van der Waals surface area contributed by atoms with E-state index in [1.807, 2.05) is 0 Å². The van der Waals surface area contributed by atoms with Gasteiger partial charge in [0, 0.05) is 11.5 Å². The van der Waals surface area contributed by atoms with Gasteiger partial charge in [-0.05, 0) is 68.6 Å². The van der Waals surface area contributed by atoms with Crippen LogP contribution in [0.3, 0.4) is 0 Å². The number of rotatable bonds is 10. The molecule has 2 unspecified atom stereocenters. The number of ether oxygens (including phenoxy) is 2. The van der Waals surface area contributed by atoms with Crippen molar-refractivity contribution in [3.05, 3.63) is 0 Å². The summed E-state index contributed by atoms with van der Waals surface area (Å²) < 4.78 is 11.7. The maximum Gasteiger partial charge on any atom is 0.0861 e. The minimum atomic E-state index is -0.450. The van der Waals surface area contributed by atoms with Gasteiger partial charge in [-0.15, -0.1) is 0 Å². The molecule has 160 valence electrons. The van der Waals surface area contributed by atoms with Gasteiger partial charge >= 0.3 is 0 Å². The second-order valence-corrected chi connectivity index (χ2v) is 9.84. The van der Waals surface area contributed by atoms with Crippen LogP contribution in [0.25, 0.3) is 0 Å². The van der Waals surface area contributed by atoms with Crippen LogP contribution in [0.2, 0.25) is 0 Å². The van der Waals surface area contributed by atoms with E-state index in [1.54, 1.807) is 0 Å². The summed E-state index contributed by atoms with van der Waals surface area (Å²) in [6, 6.07) is 0. The lowest BCUT2D eigenvalue weighted by Crippen LogP contribution is -2.39. The third-order valence-electron chi connectivity index (χ3n) is 6.92. The van der Waals surface area contributed by atoms with Gasteiger partial charge in [-0.25, -0.2) is 0 Å². The van der Waals surface area contributed by atoms with Crippen LogP contribution in [-0.2, 0) is 9.47 Å². The van der Waals surface area contributed by atoms with Crippen molar-refractivity contribution in [1.29, 1.82) is 0 Å². The largest absolute Gasteiger partial charge is 0.390 e. The van der Waals surface area contributed by atoms with E-state index in [2.05, 4.69) is 39.1 Å². The Kier molecular flexibility index (Phi) is 10.3. The molecule has 27 heavy (non-hydrogen) atoms. The molecule has 0 spiro atoms. The Bertz CT molecular complexity index is 369. The van der Waals surface area contributed by atoms with E-state index in [1.165, 1.54) is 25.7 Å². The molecular formula is C21H40O4S2. The van der Waals surface area contributed by atoms with E-state index in [4.69, 9.17) is 9.47 Å². The van der Waals surface area contributed by atoms with Gasteiger partial charge in [-0.1, -0.05) is 13.8 Å². The van der Waals surface area contributed by atoms with E-state index >= 15 is 0 Å². The van der Waals surface area contributed by atoms with Gasteiger partial charge in [-0.2, -0.15) is 25.3 Å². The molecule has 0 saturated heterocycles. The summed E-state index contributed by atoms with van der Waals surface area (Å²) >= 11 is 8.21. The van der Waals surface area contributed by atoms with Crippen molar-refractivity contribution in [2.75, 3.05) is 24.7 Å². The topological polar surface area (TPSA) is 58.9 Å². The first kappa shape index (κ1) is 23.8. The molecule has 2 rings (SSSR count). The Morgan fingerprint density at radius 3 is 1.37 bits per heavy atom. The molecule has 0 bridgehead atoms. The van der Waals surface area contributed by atoms with Gasteiger partial charge in [0.1, 0.15) is 0 Å². The van der Waals surface area contributed by atoms with Crippen molar-refractivity contribution in [3.8, 4) is 0 Å². The number of aliphatic hydroxyl groups is 2. The molecule has 6 heteroatoms. The number of hydrogen-bond donors (Lipinski definition) is 4. The third-order valence-corrected chi connectivity index (χ3v) is 7.77. The molecule has 2 atom stereocenters. The number of thiol groups is 2. The van der Waals surface area contributed by atoms with Crippen molar-refractivity contribution in [3.63, 3.8) is 0 Å². The molecule has 0 aliphatic heterocycles. The van der Waals surface area contributed by atoms with Crippen LogP contribution in [-0.4, -0.2) is 59.3 Å². The summed E-state index contributed by atoms with van der Waals surface area (Å²) in [7, 11) is 0. The van der Waals surface area contributed by atoms with Crippen LogP contribution in [0.4, 0.5) is 0 Å². The second kappa shape index (κ2) is 11.7. The predicted molar refractivity (Wildman–Crippen MR) is 117 cm³/mol. The zero-order chi connectivity index (χ0) is 19.9. The lowest BCUT2D eigenvalue weighted by atomic mass is 9.60. The van der Waals surface area contributed by atoms with Crippen LogP contribution < -0.4 is 0 Å². The van der Waals surface area contributed by atoms with Crippen LogP contribution in [0.5, 0.6) is 0 Å². The maximum absolute atomic E-state index is 9.61. The molecule has 2 aliphatic carbocycles. The van der Waals surface area contributed by atoms with Crippen LogP contribution in [0.1, 0.15) is 65.2 Å². The Hall–Kier alpha value is 0.540. The first-order valence-corrected chi connectivity index (χ1v) is 11.9. The van der Waals surface area contributed by atoms with Gasteiger partial charge in [0.05, 0.1) is 37.6 Å². The van der Waals surface area contributed by atoms with Gasteiger partial charge < -0.3 is 19.7 Å². The van der Waals surface area contributed by atoms with Gasteiger partial charge in [0.25, 0.3) is 0 Å². The van der Waals surface area contributed by atoms with E-state index in [9.17, 15) is 10.2 Å². The van der Waals surface area contributed by atoms with Crippen LogP contribution in [0.15, 0.2) is 0 Å². The first-order valence-electron chi connectivity index (χ1n) is 10.7. The molecule has 2 fully saturated rings. The SMILES string of the molecule is CC(C)(C1CCC(OCC(O)CS)CC1)C1CCC(OCC(O)CS)CC1. The molecule has 0 amide bonds. The zero-order valence-corrected chi connectivity index (χ0v) is 18.8. The molecule has 0 heterocycles. The maximum atomic E-state index is 9.61. The highest BCUT2D eigenvalue weighted by Gasteiger charge is 2.40. The van der Waals surface area contributed by atoms with E-state index < -0.39 is 12.2 Å². The summed E-state index contributed by atoms with van der Waals surface area (Å²) in [6.07, 6.45) is 9.00. The summed E-state index contributed by atoms with van der Waals surface area (Å²) in [4.78, 5) is 0. The van der Waals surface area contributed by atoms with Crippen LogP contribution in [0, 0.1) is 17.3 Å². The Labute approximate surface area is 176 Å². The van der Waals surface area contributed by atoms with Crippen LogP contribution >= 0.6 is 25.3 Å². The van der Waals surface area contributed by atoms with Crippen molar-refractivity contribution in [2.24, 2.45) is 17.3 Å². The van der Waals surface area contributed by atoms with Crippen molar-refractivity contribution in [2.45, 2.75) is 89.6 Å². The lowest BCUT2D eigenvalue weighted by Gasteiger charge is -2.46. The summed E-state index contributed by atoms with van der Waals surface area (Å²) in [6.45, 7) is 5.74. The molecule has 0 radical (unpaired) electrons. The Morgan fingerprint density at radius 1 is 0.741 bits per heavy atom. The average molecular weight is 421 g/mol. The quantitative estimate of drug-likeness (QED) is 0.407. The molecular weight excluding hydrogens is 380 g/mol. The minimum Gasteiger partial charge on any atom is -0.390 e. The van der Waals surface area contributed by atoms with Gasteiger partial charge in [0.2, 0.25) is 0 Å². The minimum absolute atomic E-state index is 0.300. The average Bonchev–Trinajstić information content (AvgIpc) is 2.70. The van der Waals surface area contributed by atoms with E-state index in [0.29, 0.717) is 42.3 Å². The Morgan fingerprint density at radius 2 is 1.07 bits per heavy atom. The van der Waals surface area contributed by atoms with Crippen molar-refractivity contribution >= 4 is 25.3 Å². The summed E-state index contributed by atoms with van der Waals surface area (Å²) in [5, 5.41) is 19.2. The highest BCUT2D eigenvalue weighted by molar-refractivity contribution is 7.80. The molecule has 2 N–H and O–H groups in total. The van der Waals surface area contributed by atoms with Gasteiger partial charge in [-0.3, -0.25) is 0 Å². The zero-order valence-electron chi connectivity index (χ0n) is 17.1. The van der Waals surface area contributed by atoms with E-state index in [-0.39, 0.29) is 0 Å². The smallest absolute Gasteiger partial charge is 0.0861 e. The molecule has 0 aromatic carbocycles. The fraction of sp³-hybridized carbons (Fsp3) is 1.00. The highest BCUT2D eigenvalue weighted by atomic mass is 32.1. The number of hydrogen-bond acceptors (Lipinski definition) is 6. The molecule has 2 saturated carbocycles. The van der Waals surface area contributed by atoms with E-state index in [0.717, 1.165) is 37.5 Å². The standard InChI is InChI=1S/C21H40O4S2/c1-21(2,15-3-7-19(8-4-15)24-11-17(22)13-26)16-5-9-20(10-6-16)25-12-18(23)14-27/h15-20,22-23,26-27H,3-14H2,1-2H3. The number of aliphatic hydroxyl groups excluding tert-OH is 2. The monoisotopic (exact) mass is 420 g/mol. The summed E-state index contributed by atoms with van der Waals surface area (Å²) in [5.41, 5.74) is 0.352. The highest BCUT2D eigenvalue weighted by Crippen LogP contribution is 2.48. The third kappa shape index (κ3) is 7.38. The second-order valence-electron chi connectivity index (χ2n) is 9.11. The molecule has 0 aromatic heterocycles. The fourth-order valence-corrected chi connectivity index (χ4v) is 5.09. The predicted octanol–water partition coefficient (Wildman–Crippen LogP) is 3.74. The Balaban J connectivity index is 1.72. The molecule has 4 nitrogen and oxygen atoms in total. The lowest BCUT2D eigenvalue weighted by molar-refractivity contribution is -0.0560.